The third-order valence-corrected chi connectivity index (χ3v) is 3.68. The average Bonchev–Trinajstić information content (AvgIpc) is 3.13. The Balaban J connectivity index is 1.66. The number of carbonyl (C=O) groups excluding carboxylic acids is 1. The predicted molar refractivity (Wildman–Crippen MR) is 84.9 cm³/mol. The first-order chi connectivity index (χ1) is 11.2. The largest absolute Gasteiger partial charge is 0.504 e. The van der Waals surface area contributed by atoms with Crippen LogP contribution in [0.3, 0.4) is 0 Å². The number of hydrogen-bond acceptors (Lipinski definition) is 5. The predicted octanol–water partition coefficient (Wildman–Crippen LogP) is 1.77. The number of aromatic amines is 1. The first-order valence-corrected chi connectivity index (χ1v) is 7.54. The summed E-state index contributed by atoms with van der Waals surface area (Å²) in [6.45, 7) is 2.29. The summed E-state index contributed by atoms with van der Waals surface area (Å²) < 4.78 is 5.30. The molecule has 7 nitrogen and oxygen atoms in total. The van der Waals surface area contributed by atoms with E-state index >= 15 is 0 Å². The van der Waals surface area contributed by atoms with E-state index in [-0.39, 0.29) is 11.7 Å². The van der Waals surface area contributed by atoms with Crippen molar-refractivity contribution in [3.63, 3.8) is 0 Å². The number of phenols is 1. The summed E-state index contributed by atoms with van der Waals surface area (Å²) >= 11 is 0. The zero-order chi connectivity index (χ0) is 16.2. The molecule has 0 saturated carbocycles. The molecule has 1 aromatic heterocycles. The fraction of sp³-hybridized carbons (Fsp3) is 0.312. The third-order valence-electron chi connectivity index (χ3n) is 3.68. The highest BCUT2D eigenvalue weighted by molar-refractivity contribution is 5.94. The molecule has 0 unspecified atom stereocenters. The zero-order valence-corrected chi connectivity index (χ0v) is 12.8. The number of nitrogens with one attached hydrogen (secondary N) is 2. The van der Waals surface area contributed by atoms with Gasteiger partial charge in [0.2, 0.25) is 0 Å². The maximum absolute atomic E-state index is 12.1. The SMILES string of the molecule is CCOc1cc(/C=N\NC(=O)c2n[nH]c3c2CCC3)ccc1O. The lowest BCUT2D eigenvalue weighted by atomic mass is 10.2. The average molecular weight is 314 g/mol. The van der Waals surface area contributed by atoms with Crippen molar-refractivity contribution in [1.82, 2.24) is 15.6 Å². The molecule has 2 aromatic rings. The number of nitrogens with zero attached hydrogens (tertiary/aromatic N) is 2. The molecule has 1 aliphatic carbocycles. The van der Waals surface area contributed by atoms with Crippen molar-refractivity contribution in [3.05, 3.63) is 40.7 Å². The van der Waals surface area contributed by atoms with Crippen LogP contribution in [-0.4, -0.2) is 34.0 Å². The van der Waals surface area contributed by atoms with Crippen LogP contribution in [0.15, 0.2) is 23.3 Å². The second kappa shape index (κ2) is 6.51. The fourth-order valence-electron chi connectivity index (χ4n) is 2.61. The summed E-state index contributed by atoms with van der Waals surface area (Å²) in [7, 11) is 0. The monoisotopic (exact) mass is 314 g/mol. The Morgan fingerprint density at radius 3 is 3.22 bits per heavy atom. The maximum Gasteiger partial charge on any atom is 0.292 e. The minimum Gasteiger partial charge on any atom is -0.504 e. The number of benzene rings is 1. The van der Waals surface area contributed by atoms with Gasteiger partial charge in [0.25, 0.3) is 5.91 Å². The number of rotatable bonds is 5. The van der Waals surface area contributed by atoms with E-state index in [1.165, 1.54) is 12.3 Å². The minimum atomic E-state index is -0.329. The van der Waals surface area contributed by atoms with Gasteiger partial charge in [-0.05, 0) is 49.9 Å². The molecule has 0 saturated heterocycles. The molecule has 0 aliphatic heterocycles. The molecule has 0 fully saturated rings. The van der Waals surface area contributed by atoms with Crippen LogP contribution in [0.25, 0.3) is 0 Å². The van der Waals surface area contributed by atoms with Gasteiger partial charge in [0, 0.05) is 11.3 Å². The molecule has 0 spiro atoms. The van der Waals surface area contributed by atoms with E-state index in [0.29, 0.717) is 23.6 Å². The van der Waals surface area contributed by atoms with Crippen LogP contribution in [0.5, 0.6) is 11.5 Å². The molecule has 1 heterocycles. The van der Waals surface area contributed by atoms with Gasteiger partial charge in [0.05, 0.1) is 12.8 Å². The van der Waals surface area contributed by atoms with Crippen LogP contribution in [0.1, 0.15) is 40.7 Å². The van der Waals surface area contributed by atoms with Crippen molar-refractivity contribution in [3.8, 4) is 11.5 Å². The van der Waals surface area contributed by atoms with Crippen LogP contribution in [0.2, 0.25) is 0 Å². The second-order valence-corrected chi connectivity index (χ2v) is 5.24. The molecule has 3 N–H and O–H groups in total. The minimum absolute atomic E-state index is 0.0696. The van der Waals surface area contributed by atoms with Crippen molar-refractivity contribution < 1.29 is 14.6 Å². The summed E-state index contributed by atoms with van der Waals surface area (Å²) in [5.41, 5.74) is 5.62. The van der Waals surface area contributed by atoms with Crippen LogP contribution in [0.4, 0.5) is 0 Å². The van der Waals surface area contributed by atoms with Crippen molar-refractivity contribution in [2.75, 3.05) is 6.61 Å². The molecule has 23 heavy (non-hydrogen) atoms. The number of phenolic OH excluding ortho intramolecular Hbond substituents is 1. The first kappa shape index (κ1) is 15.1. The smallest absolute Gasteiger partial charge is 0.292 e. The van der Waals surface area contributed by atoms with Crippen LogP contribution in [0, 0.1) is 0 Å². The molecule has 0 bridgehead atoms. The normalized spacial score (nSPS) is 13.3. The summed E-state index contributed by atoms with van der Waals surface area (Å²) in [5.74, 6) is 0.123. The quantitative estimate of drug-likeness (QED) is 0.578. The number of ether oxygens (including phenoxy) is 1. The van der Waals surface area contributed by atoms with Crippen LogP contribution in [-0.2, 0) is 12.8 Å². The topological polar surface area (TPSA) is 99.6 Å². The van der Waals surface area contributed by atoms with E-state index in [4.69, 9.17) is 4.74 Å². The Morgan fingerprint density at radius 2 is 2.39 bits per heavy atom. The lowest BCUT2D eigenvalue weighted by Crippen LogP contribution is -2.19. The number of aromatic hydroxyl groups is 1. The number of aromatic nitrogens is 2. The third kappa shape index (κ3) is 3.18. The zero-order valence-electron chi connectivity index (χ0n) is 12.8. The number of hydrazone groups is 1. The molecule has 1 aliphatic rings. The standard InChI is InChI=1S/C16H18N4O3/c1-2-23-14-8-10(6-7-13(14)21)9-17-20-16(22)15-11-4-3-5-12(11)18-19-15/h6-9,21H,2-5H2,1H3,(H,18,19)(H,20,22)/b17-9-. The summed E-state index contributed by atoms with van der Waals surface area (Å²) in [6.07, 6.45) is 4.34. The van der Waals surface area contributed by atoms with Gasteiger partial charge in [-0.15, -0.1) is 0 Å². The van der Waals surface area contributed by atoms with E-state index in [0.717, 1.165) is 30.5 Å². The lowest BCUT2D eigenvalue weighted by molar-refractivity contribution is 0.0949. The molecular formula is C16H18N4O3. The number of carbonyl (C=O) groups is 1. The van der Waals surface area contributed by atoms with Crippen molar-refractivity contribution in [1.29, 1.82) is 0 Å². The molecular weight excluding hydrogens is 296 g/mol. The number of hydrogen-bond donors (Lipinski definition) is 3. The fourth-order valence-corrected chi connectivity index (χ4v) is 2.61. The van der Waals surface area contributed by atoms with Gasteiger partial charge < -0.3 is 9.84 Å². The molecule has 1 amide bonds. The Labute approximate surface area is 133 Å². The Kier molecular flexibility index (Phi) is 4.27. The lowest BCUT2D eigenvalue weighted by Gasteiger charge is -2.06. The molecule has 1 aromatic carbocycles. The number of amides is 1. The van der Waals surface area contributed by atoms with E-state index in [1.807, 2.05) is 6.92 Å². The summed E-state index contributed by atoms with van der Waals surface area (Å²) in [4.78, 5) is 12.1. The number of aryl methyl sites for hydroxylation is 1. The maximum atomic E-state index is 12.1. The Morgan fingerprint density at radius 1 is 1.52 bits per heavy atom. The molecule has 7 heteroatoms. The Hall–Kier alpha value is -2.83. The van der Waals surface area contributed by atoms with Crippen LogP contribution >= 0.6 is 0 Å². The molecule has 0 radical (unpaired) electrons. The Bertz CT molecular complexity index is 752. The molecule has 0 atom stereocenters. The van der Waals surface area contributed by atoms with E-state index in [2.05, 4.69) is 20.7 Å². The summed E-state index contributed by atoms with van der Waals surface area (Å²) in [5, 5.41) is 20.5. The highest BCUT2D eigenvalue weighted by Gasteiger charge is 2.22. The van der Waals surface area contributed by atoms with E-state index in [9.17, 15) is 9.90 Å². The van der Waals surface area contributed by atoms with Gasteiger partial charge in [-0.3, -0.25) is 9.89 Å². The molecule has 120 valence electrons. The van der Waals surface area contributed by atoms with Gasteiger partial charge in [0.15, 0.2) is 17.2 Å². The van der Waals surface area contributed by atoms with Crippen molar-refractivity contribution in [2.45, 2.75) is 26.2 Å². The van der Waals surface area contributed by atoms with Crippen molar-refractivity contribution in [2.24, 2.45) is 5.10 Å². The molecule has 3 rings (SSSR count). The first-order valence-electron chi connectivity index (χ1n) is 7.54. The van der Waals surface area contributed by atoms with E-state index < -0.39 is 0 Å². The summed E-state index contributed by atoms with van der Waals surface area (Å²) in [6, 6.07) is 4.86. The highest BCUT2D eigenvalue weighted by Crippen LogP contribution is 2.26. The number of fused-ring (bicyclic) bond motifs is 1. The van der Waals surface area contributed by atoms with Crippen LogP contribution < -0.4 is 10.2 Å². The number of H-pyrrole nitrogens is 1. The highest BCUT2D eigenvalue weighted by atomic mass is 16.5. The van der Waals surface area contributed by atoms with Gasteiger partial charge in [-0.1, -0.05) is 0 Å². The van der Waals surface area contributed by atoms with Crippen molar-refractivity contribution >= 4 is 12.1 Å². The van der Waals surface area contributed by atoms with Gasteiger partial charge >= 0.3 is 0 Å². The van der Waals surface area contributed by atoms with Gasteiger partial charge in [-0.25, -0.2) is 5.43 Å². The van der Waals surface area contributed by atoms with Gasteiger partial charge in [-0.2, -0.15) is 10.2 Å². The van der Waals surface area contributed by atoms with E-state index in [1.54, 1.807) is 12.1 Å². The second-order valence-electron chi connectivity index (χ2n) is 5.24. The van der Waals surface area contributed by atoms with Gasteiger partial charge in [0.1, 0.15) is 0 Å².